The molecule has 5 heteroatoms. The molecule has 5 nitrogen and oxygen atoms in total. The summed E-state index contributed by atoms with van der Waals surface area (Å²) in [7, 11) is 0. The standard InChI is InChI=1S/C14H18N2O3.C3H8/c1-3-8-15-13(17)11-4-6-12(7-5-11)16-10(2)9-19-14(16)18;1-3-2/h4-7,10H,3,8-9H2,1-2H3,(H,15,17);3H2,1-2H3/t10-;/m0./s1. The first-order chi connectivity index (χ1) is 10.5. The zero-order valence-electron chi connectivity index (χ0n) is 13.9. The summed E-state index contributed by atoms with van der Waals surface area (Å²) < 4.78 is 4.97. The Morgan fingerprint density at radius 1 is 1.27 bits per heavy atom. The highest BCUT2D eigenvalue weighted by Gasteiger charge is 2.30. The number of carbonyl (C=O) groups excluding carboxylic acids is 2. The molecule has 1 fully saturated rings. The Hall–Kier alpha value is -2.04. The molecule has 0 spiro atoms. The second kappa shape index (κ2) is 9.07. The molecule has 0 radical (unpaired) electrons. The maximum atomic E-state index is 11.7. The first kappa shape index (κ1) is 18.0. The van der Waals surface area contributed by atoms with Crippen LogP contribution in [0.4, 0.5) is 10.5 Å². The number of rotatable bonds is 4. The van der Waals surface area contributed by atoms with Crippen LogP contribution < -0.4 is 10.2 Å². The first-order valence-corrected chi connectivity index (χ1v) is 7.89. The Kier molecular flexibility index (Phi) is 7.43. The van der Waals surface area contributed by atoms with Crippen LogP contribution in [0.3, 0.4) is 0 Å². The fourth-order valence-electron chi connectivity index (χ4n) is 1.99. The van der Waals surface area contributed by atoms with Gasteiger partial charge in [0.2, 0.25) is 0 Å². The number of cyclic esters (lactones) is 1. The van der Waals surface area contributed by atoms with Crippen molar-refractivity contribution in [2.45, 2.75) is 46.6 Å². The van der Waals surface area contributed by atoms with Crippen LogP contribution in [0.2, 0.25) is 0 Å². The smallest absolute Gasteiger partial charge is 0.414 e. The van der Waals surface area contributed by atoms with Crippen molar-refractivity contribution in [2.75, 3.05) is 18.1 Å². The maximum Gasteiger partial charge on any atom is 0.414 e. The lowest BCUT2D eigenvalue weighted by atomic mass is 10.1. The van der Waals surface area contributed by atoms with Crippen molar-refractivity contribution in [1.29, 1.82) is 0 Å². The SMILES string of the molecule is CCC.CCCNC(=O)c1ccc(N2C(=O)OC[C@@H]2C)cc1. The van der Waals surface area contributed by atoms with Crippen LogP contribution in [0.15, 0.2) is 24.3 Å². The van der Waals surface area contributed by atoms with Gasteiger partial charge in [0.1, 0.15) is 6.61 Å². The molecule has 0 bridgehead atoms. The topological polar surface area (TPSA) is 58.6 Å². The molecule has 2 amide bonds. The van der Waals surface area contributed by atoms with E-state index >= 15 is 0 Å². The van der Waals surface area contributed by atoms with E-state index in [-0.39, 0.29) is 18.0 Å². The summed E-state index contributed by atoms with van der Waals surface area (Å²) in [6.07, 6.45) is 1.82. The van der Waals surface area contributed by atoms with E-state index in [1.165, 1.54) is 6.42 Å². The van der Waals surface area contributed by atoms with Crippen LogP contribution in [0, 0.1) is 0 Å². The molecular weight excluding hydrogens is 280 g/mol. The second-order valence-corrected chi connectivity index (χ2v) is 5.31. The van der Waals surface area contributed by atoms with Crippen molar-refractivity contribution < 1.29 is 14.3 Å². The number of hydrogen-bond donors (Lipinski definition) is 1. The minimum atomic E-state index is -0.337. The van der Waals surface area contributed by atoms with E-state index in [0.717, 1.165) is 12.1 Å². The Morgan fingerprint density at radius 3 is 2.32 bits per heavy atom. The Labute approximate surface area is 132 Å². The second-order valence-electron chi connectivity index (χ2n) is 5.31. The van der Waals surface area contributed by atoms with Crippen LogP contribution in [0.25, 0.3) is 0 Å². The third-order valence-corrected chi connectivity index (χ3v) is 3.03. The van der Waals surface area contributed by atoms with Crippen molar-refractivity contribution in [3.05, 3.63) is 29.8 Å². The zero-order chi connectivity index (χ0) is 16.5. The monoisotopic (exact) mass is 306 g/mol. The molecular formula is C17H26N2O3. The van der Waals surface area contributed by atoms with Crippen LogP contribution in [0.1, 0.15) is 50.9 Å². The van der Waals surface area contributed by atoms with Crippen LogP contribution in [-0.2, 0) is 4.74 Å². The van der Waals surface area contributed by atoms with Gasteiger partial charge in [0.05, 0.1) is 6.04 Å². The highest BCUT2D eigenvalue weighted by atomic mass is 16.6. The summed E-state index contributed by atoms with van der Waals surface area (Å²) in [6, 6.07) is 7.00. The number of carbonyl (C=O) groups is 2. The van der Waals surface area contributed by atoms with Crippen molar-refractivity contribution in [1.82, 2.24) is 5.32 Å². The van der Waals surface area contributed by atoms with Crippen molar-refractivity contribution in [3.8, 4) is 0 Å². The summed E-state index contributed by atoms with van der Waals surface area (Å²) in [5, 5.41) is 2.81. The Bertz CT molecular complexity index is 485. The summed E-state index contributed by atoms with van der Waals surface area (Å²) >= 11 is 0. The largest absolute Gasteiger partial charge is 0.447 e. The van der Waals surface area contributed by atoms with E-state index in [1.807, 2.05) is 13.8 Å². The molecule has 0 saturated carbocycles. The summed E-state index contributed by atoms with van der Waals surface area (Å²) in [5.74, 6) is -0.0922. The number of nitrogens with one attached hydrogen (secondary N) is 1. The lowest BCUT2D eigenvalue weighted by molar-refractivity contribution is 0.0953. The van der Waals surface area contributed by atoms with Gasteiger partial charge in [-0.25, -0.2) is 4.79 Å². The van der Waals surface area contributed by atoms with E-state index in [2.05, 4.69) is 19.2 Å². The molecule has 1 atom stereocenters. The Balaban J connectivity index is 0.000000745. The molecule has 22 heavy (non-hydrogen) atoms. The molecule has 1 aliphatic rings. The van der Waals surface area contributed by atoms with Gasteiger partial charge in [-0.3, -0.25) is 9.69 Å². The number of amides is 2. The zero-order valence-corrected chi connectivity index (χ0v) is 13.9. The number of benzene rings is 1. The van der Waals surface area contributed by atoms with Crippen molar-refractivity contribution >= 4 is 17.7 Å². The Morgan fingerprint density at radius 2 is 1.86 bits per heavy atom. The van der Waals surface area contributed by atoms with Gasteiger partial charge in [-0.2, -0.15) is 0 Å². The number of ether oxygens (including phenoxy) is 1. The minimum Gasteiger partial charge on any atom is -0.447 e. The fourth-order valence-corrected chi connectivity index (χ4v) is 1.99. The summed E-state index contributed by atoms with van der Waals surface area (Å²) in [4.78, 5) is 24.9. The molecule has 0 aliphatic carbocycles. The van der Waals surface area contributed by atoms with E-state index in [4.69, 9.17) is 4.74 Å². The minimum absolute atomic E-state index is 0.0206. The average Bonchev–Trinajstić information content (AvgIpc) is 2.85. The summed E-state index contributed by atoms with van der Waals surface area (Å²) in [6.45, 7) is 9.24. The quantitative estimate of drug-likeness (QED) is 0.925. The summed E-state index contributed by atoms with van der Waals surface area (Å²) in [5.41, 5.74) is 1.35. The molecule has 1 aromatic carbocycles. The molecule has 1 aliphatic heterocycles. The third-order valence-electron chi connectivity index (χ3n) is 3.03. The molecule has 0 unspecified atom stereocenters. The third kappa shape index (κ3) is 4.76. The van der Waals surface area contributed by atoms with Gasteiger partial charge in [-0.15, -0.1) is 0 Å². The fraction of sp³-hybridized carbons (Fsp3) is 0.529. The van der Waals surface area contributed by atoms with E-state index in [1.54, 1.807) is 29.2 Å². The van der Waals surface area contributed by atoms with Gasteiger partial charge in [-0.1, -0.05) is 27.2 Å². The predicted molar refractivity (Wildman–Crippen MR) is 88.3 cm³/mol. The lowest BCUT2D eigenvalue weighted by Gasteiger charge is -2.18. The van der Waals surface area contributed by atoms with Gasteiger partial charge in [-0.05, 0) is 37.6 Å². The highest BCUT2D eigenvalue weighted by Crippen LogP contribution is 2.23. The predicted octanol–water partition coefficient (Wildman–Crippen LogP) is 3.59. The van der Waals surface area contributed by atoms with Crippen LogP contribution in [-0.4, -0.2) is 31.2 Å². The molecule has 122 valence electrons. The van der Waals surface area contributed by atoms with Crippen LogP contribution >= 0.6 is 0 Å². The van der Waals surface area contributed by atoms with Gasteiger partial charge in [0.15, 0.2) is 0 Å². The van der Waals surface area contributed by atoms with Gasteiger partial charge in [0, 0.05) is 17.8 Å². The van der Waals surface area contributed by atoms with Crippen LogP contribution in [0.5, 0.6) is 0 Å². The van der Waals surface area contributed by atoms with Gasteiger partial charge in [0.25, 0.3) is 5.91 Å². The van der Waals surface area contributed by atoms with E-state index in [9.17, 15) is 9.59 Å². The normalized spacial score (nSPS) is 16.6. The number of anilines is 1. The maximum absolute atomic E-state index is 11.7. The molecule has 1 N–H and O–H groups in total. The molecule has 1 aromatic rings. The number of nitrogens with zero attached hydrogens (tertiary/aromatic N) is 1. The average molecular weight is 306 g/mol. The van der Waals surface area contributed by atoms with Crippen molar-refractivity contribution in [3.63, 3.8) is 0 Å². The van der Waals surface area contributed by atoms with Gasteiger partial charge < -0.3 is 10.1 Å². The molecule has 1 saturated heterocycles. The van der Waals surface area contributed by atoms with E-state index < -0.39 is 0 Å². The first-order valence-electron chi connectivity index (χ1n) is 7.89. The molecule has 0 aromatic heterocycles. The van der Waals surface area contributed by atoms with Gasteiger partial charge >= 0.3 is 6.09 Å². The highest BCUT2D eigenvalue weighted by molar-refractivity contribution is 5.95. The van der Waals surface area contributed by atoms with E-state index in [0.29, 0.717) is 18.7 Å². The molecule has 1 heterocycles. The van der Waals surface area contributed by atoms with Crippen molar-refractivity contribution in [2.24, 2.45) is 0 Å². The molecule has 2 rings (SSSR count). The lowest BCUT2D eigenvalue weighted by Crippen LogP contribution is -2.31. The number of hydrogen-bond acceptors (Lipinski definition) is 3.